The number of carboxylic acids is 1. The number of likely N-dealkylation sites (tertiary alicyclic amines) is 1. The molecule has 1 aliphatic heterocycles. The van der Waals surface area contributed by atoms with Gasteiger partial charge in [-0.15, -0.1) is 0 Å². The topological polar surface area (TPSA) is 86.7 Å². The molecule has 2 amide bonds. The third kappa shape index (κ3) is 2.43. The largest absolute Gasteiger partial charge is 0.481 e. The number of rotatable bonds is 3. The van der Waals surface area contributed by atoms with Gasteiger partial charge in [0, 0.05) is 26.1 Å². The van der Waals surface area contributed by atoms with Crippen molar-refractivity contribution < 1.29 is 19.5 Å². The summed E-state index contributed by atoms with van der Waals surface area (Å²) in [6.45, 7) is 2.54. The molecule has 21 heavy (non-hydrogen) atoms. The van der Waals surface area contributed by atoms with E-state index in [9.17, 15) is 19.5 Å². The summed E-state index contributed by atoms with van der Waals surface area (Å²) in [5, 5.41) is 12.2. The molecule has 2 bridgehead atoms. The smallest absolute Gasteiger partial charge is 0.307 e. The maximum atomic E-state index is 12.7. The molecule has 0 aromatic heterocycles. The number of nitrogens with one attached hydrogen (secondary N) is 1. The summed E-state index contributed by atoms with van der Waals surface area (Å²) in [5.74, 6) is -2.00. The van der Waals surface area contributed by atoms with E-state index in [0.717, 1.165) is 12.8 Å². The molecule has 3 rings (SSSR count). The number of carboxylic acid groups (broad SMARTS) is 1. The predicted molar refractivity (Wildman–Crippen MR) is 74.2 cm³/mol. The van der Waals surface area contributed by atoms with Crippen LogP contribution >= 0.6 is 0 Å². The lowest BCUT2D eigenvalue weighted by molar-refractivity contribution is -0.150. The van der Waals surface area contributed by atoms with Crippen LogP contribution in [0.4, 0.5) is 0 Å². The van der Waals surface area contributed by atoms with Crippen LogP contribution in [0.25, 0.3) is 0 Å². The molecular weight excluding hydrogens is 272 g/mol. The Labute approximate surface area is 123 Å². The maximum absolute atomic E-state index is 12.7. The zero-order chi connectivity index (χ0) is 15.1. The van der Waals surface area contributed by atoms with Crippen LogP contribution in [0.1, 0.15) is 19.8 Å². The van der Waals surface area contributed by atoms with Gasteiger partial charge in [0.2, 0.25) is 11.8 Å². The Morgan fingerprint density at radius 3 is 2.48 bits per heavy atom. The monoisotopic (exact) mass is 292 g/mol. The van der Waals surface area contributed by atoms with Crippen LogP contribution < -0.4 is 5.32 Å². The van der Waals surface area contributed by atoms with Gasteiger partial charge in [0.25, 0.3) is 0 Å². The molecule has 2 N–H and O–H groups in total. The summed E-state index contributed by atoms with van der Waals surface area (Å²) >= 11 is 0. The molecule has 0 aromatic carbocycles. The fourth-order valence-corrected chi connectivity index (χ4v) is 4.07. The van der Waals surface area contributed by atoms with Crippen LogP contribution in [0.2, 0.25) is 0 Å². The number of carbonyl (C=O) groups is 3. The molecule has 0 spiro atoms. The van der Waals surface area contributed by atoms with Gasteiger partial charge in [0.05, 0.1) is 11.8 Å². The molecule has 5 unspecified atom stereocenters. The minimum absolute atomic E-state index is 0.00445. The lowest BCUT2D eigenvalue weighted by atomic mass is 9.82. The second-order valence-electron chi connectivity index (χ2n) is 6.31. The van der Waals surface area contributed by atoms with Gasteiger partial charge in [-0.05, 0) is 24.7 Å². The van der Waals surface area contributed by atoms with Crippen molar-refractivity contribution in [1.29, 1.82) is 0 Å². The Morgan fingerprint density at radius 2 is 1.86 bits per heavy atom. The first-order valence-corrected chi connectivity index (χ1v) is 7.44. The van der Waals surface area contributed by atoms with E-state index in [1.54, 1.807) is 4.90 Å². The van der Waals surface area contributed by atoms with E-state index in [-0.39, 0.29) is 29.7 Å². The molecule has 2 fully saturated rings. The minimum Gasteiger partial charge on any atom is -0.481 e. The molecule has 0 aromatic rings. The summed E-state index contributed by atoms with van der Waals surface area (Å²) in [5.41, 5.74) is 0. The first-order chi connectivity index (χ1) is 9.97. The summed E-state index contributed by atoms with van der Waals surface area (Å²) in [7, 11) is 0. The Bertz CT molecular complexity index is 516. The number of amides is 2. The Balaban J connectivity index is 1.69. The highest BCUT2D eigenvalue weighted by Gasteiger charge is 2.53. The minimum atomic E-state index is -0.872. The van der Waals surface area contributed by atoms with E-state index in [4.69, 9.17) is 0 Å². The fourth-order valence-electron chi connectivity index (χ4n) is 4.07. The van der Waals surface area contributed by atoms with Crippen molar-refractivity contribution in [2.75, 3.05) is 13.1 Å². The second-order valence-corrected chi connectivity index (χ2v) is 6.31. The highest BCUT2D eigenvalue weighted by molar-refractivity contribution is 5.87. The highest BCUT2D eigenvalue weighted by atomic mass is 16.4. The molecule has 6 heteroatoms. The first-order valence-electron chi connectivity index (χ1n) is 7.44. The molecule has 6 nitrogen and oxygen atoms in total. The molecule has 114 valence electrons. The van der Waals surface area contributed by atoms with Gasteiger partial charge in [-0.1, -0.05) is 12.2 Å². The average molecular weight is 292 g/mol. The van der Waals surface area contributed by atoms with E-state index >= 15 is 0 Å². The molecule has 1 heterocycles. The number of hydrogen-bond acceptors (Lipinski definition) is 3. The highest BCUT2D eigenvalue weighted by Crippen LogP contribution is 2.49. The van der Waals surface area contributed by atoms with Crippen molar-refractivity contribution >= 4 is 17.8 Å². The van der Waals surface area contributed by atoms with Crippen LogP contribution in [0.15, 0.2) is 12.2 Å². The van der Waals surface area contributed by atoms with E-state index in [0.29, 0.717) is 13.1 Å². The molecular formula is C15H20N2O4. The van der Waals surface area contributed by atoms with Gasteiger partial charge in [-0.2, -0.15) is 0 Å². The number of fused-ring (bicyclic) bond motifs is 2. The Kier molecular flexibility index (Phi) is 3.47. The Hall–Kier alpha value is -1.85. The SMILES string of the molecule is CC(=O)NC1CCN(C(=O)C2C3C=CC(C3)C2C(=O)O)C1. The van der Waals surface area contributed by atoms with Gasteiger partial charge in [-0.3, -0.25) is 14.4 Å². The standard InChI is InChI=1S/C15H20N2O4/c1-8(18)16-11-4-5-17(7-11)14(19)12-9-2-3-10(6-9)13(12)15(20)21/h2-3,9-13H,4-7H2,1H3,(H,16,18)(H,20,21). The second kappa shape index (κ2) is 5.16. The summed E-state index contributed by atoms with van der Waals surface area (Å²) in [6.07, 6.45) is 5.45. The van der Waals surface area contributed by atoms with Crippen molar-refractivity contribution in [2.24, 2.45) is 23.7 Å². The molecule has 5 atom stereocenters. The van der Waals surface area contributed by atoms with Crippen molar-refractivity contribution in [3.8, 4) is 0 Å². The number of carbonyl (C=O) groups excluding carboxylic acids is 2. The summed E-state index contributed by atoms with van der Waals surface area (Å²) in [4.78, 5) is 37.0. The fraction of sp³-hybridized carbons (Fsp3) is 0.667. The lowest BCUT2D eigenvalue weighted by Gasteiger charge is -2.28. The van der Waals surface area contributed by atoms with Crippen LogP contribution in [0.3, 0.4) is 0 Å². The van der Waals surface area contributed by atoms with E-state index in [1.165, 1.54) is 6.92 Å². The van der Waals surface area contributed by atoms with Crippen LogP contribution in [0.5, 0.6) is 0 Å². The summed E-state index contributed by atoms with van der Waals surface area (Å²) in [6, 6.07) is -0.0103. The molecule has 1 saturated carbocycles. The third-order valence-electron chi connectivity index (χ3n) is 4.94. The van der Waals surface area contributed by atoms with Crippen molar-refractivity contribution in [3.05, 3.63) is 12.2 Å². The molecule has 2 aliphatic carbocycles. The van der Waals surface area contributed by atoms with Gasteiger partial charge >= 0.3 is 5.97 Å². The van der Waals surface area contributed by atoms with Crippen molar-refractivity contribution in [3.63, 3.8) is 0 Å². The van der Waals surface area contributed by atoms with Crippen molar-refractivity contribution in [2.45, 2.75) is 25.8 Å². The predicted octanol–water partition coefficient (Wildman–Crippen LogP) is 0.246. The molecule has 0 radical (unpaired) electrons. The van der Waals surface area contributed by atoms with Crippen LogP contribution in [-0.4, -0.2) is 46.9 Å². The summed E-state index contributed by atoms with van der Waals surface area (Å²) < 4.78 is 0. The molecule has 1 saturated heterocycles. The zero-order valence-corrected chi connectivity index (χ0v) is 12.0. The zero-order valence-electron chi connectivity index (χ0n) is 12.0. The lowest BCUT2D eigenvalue weighted by Crippen LogP contribution is -2.43. The average Bonchev–Trinajstić information content (AvgIpc) is 3.10. The van der Waals surface area contributed by atoms with Gasteiger partial charge in [0.1, 0.15) is 0 Å². The molecule has 3 aliphatic rings. The van der Waals surface area contributed by atoms with E-state index in [2.05, 4.69) is 5.32 Å². The third-order valence-corrected chi connectivity index (χ3v) is 4.94. The normalized spacial score (nSPS) is 37.0. The number of nitrogens with zero attached hydrogens (tertiary/aromatic N) is 1. The van der Waals surface area contributed by atoms with Crippen LogP contribution in [0, 0.1) is 23.7 Å². The number of allylic oxidation sites excluding steroid dienone is 2. The number of aliphatic carboxylic acids is 1. The quantitative estimate of drug-likeness (QED) is 0.730. The van der Waals surface area contributed by atoms with E-state index < -0.39 is 17.8 Å². The van der Waals surface area contributed by atoms with Crippen molar-refractivity contribution in [1.82, 2.24) is 10.2 Å². The van der Waals surface area contributed by atoms with Crippen LogP contribution in [-0.2, 0) is 14.4 Å². The van der Waals surface area contributed by atoms with E-state index in [1.807, 2.05) is 12.2 Å². The van der Waals surface area contributed by atoms with Gasteiger partial charge < -0.3 is 15.3 Å². The number of hydrogen-bond donors (Lipinski definition) is 2. The maximum Gasteiger partial charge on any atom is 0.307 e. The van der Waals surface area contributed by atoms with Gasteiger partial charge in [0.15, 0.2) is 0 Å². The Morgan fingerprint density at radius 1 is 1.19 bits per heavy atom. The van der Waals surface area contributed by atoms with Gasteiger partial charge in [-0.25, -0.2) is 0 Å². The first kappa shape index (κ1) is 14.1.